The lowest BCUT2D eigenvalue weighted by Gasteiger charge is -2.30. The second-order valence-corrected chi connectivity index (χ2v) is 4.70. The van der Waals surface area contributed by atoms with Gasteiger partial charge in [-0.1, -0.05) is 31.5 Å². The molecule has 0 bridgehead atoms. The first-order valence-electron chi connectivity index (χ1n) is 4.70. The van der Waals surface area contributed by atoms with Crippen LogP contribution in [0.5, 0.6) is 0 Å². The van der Waals surface area contributed by atoms with Gasteiger partial charge in [-0.2, -0.15) is 0 Å². The number of halogens is 3. The average molecular weight is 268 g/mol. The summed E-state index contributed by atoms with van der Waals surface area (Å²) in [5.41, 5.74) is 6.13. The quantitative estimate of drug-likeness (QED) is 0.885. The van der Waals surface area contributed by atoms with Crippen molar-refractivity contribution in [2.24, 2.45) is 11.1 Å². The van der Waals surface area contributed by atoms with Crippen molar-refractivity contribution < 1.29 is 9.50 Å². The first-order valence-corrected chi connectivity index (χ1v) is 5.07. The minimum atomic E-state index is -0.485. The molecule has 16 heavy (non-hydrogen) atoms. The first kappa shape index (κ1) is 15.7. The smallest absolute Gasteiger partial charge is 0.124 e. The molecule has 2 nitrogen and oxygen atoms in total. The fourth-order valence-electron chi connectivity index (χ4n) is 1.27. The Kier molecular flexibility index (Phi) is 5.70. The van der Waals surface area contributed by atoms with E-state index in [0.717, 1.165) is 0 Å². The van der Waals surface area contributed by atoms with Gasteiger partial charge in [0.2, 0.25) is 0 Å². The summed E-state index contributed by atoms with van der Waals surface area (Å²) in [6.45, 7) is 3.61. The predicted octanol–water partition coefficient (Wildman–Crippen LogP) is 2.92. The second-order valence-electron chi connectivity index (χ2n) is 4.29. The van der Waals surface area contributed by atoms with E-state index in [1.807, 2.05) is 13.8 Å². The molecule has 1 atom stereocenters. The largest absolute Gasteiger partial charge is 0.396 e. The molecule has 0 heterocycles. The summed E-state index contributed by atoms with van der Waals surface area (Å²) in [5.74, 6) is -0.391. The molecule has 0 unspecified atom stereocenters. The van der Waals surface area contributed by atoms with E-state index in [-0.39, 0.29) is 19.0 Å². The topological polar surface area (TPSA) is 46.2 Å². The van der Waals surface area contributed by atoms with Crippen LogP contribution in [0, 0.1) is 11.2 Å². The monoisotopic (exact) mass is 267 g/mol. The summed E-state index contributed by atoms with van der Waals surface area (Å²) in [6.07, 6.45) is 0. The van der Waals surface area contributed by atoms with Gasteiger partial charge in [0.25, 0.3) is 0 Å². The molecule has 1 aromatic carbocycles. The summed E-state index contributed by atoms with van der Waals surface area (Å²) >= 11 is 5.89. The molecule has 0 aromatic heterocycles. The summed E-state index contributed by atoms with van der Waals surface area (Å²) in [7, 11) is 0. The van der Waals surface area contributed by atoms with Gasteiger partial charge in [0, 0.05) is 23.1 Å². The van der Waals surface area contributed by atoms with E-state index in [1.165, 1.54) is 12.1 Å². The van der Waals surface area contributed by atoms with Crippen LogP contribution in [0.25, 0.3) is 0 Å². The average Bonchev–Trinajstić information content (AvgIpc) is 2.17. The summed E-state index contributed by atoms with van der Waals surface area (Å²) < 4.78 is 12.8. The highest BCUT2D eigenvalue weighted by atomic mass is 35.5. The predicted molar refractivity (Wildman–Crippen MR) is 66.5 cm³/mol. The highest BCUT2D eigenvalue weighted by Crippen LogP contribution is 2.34. The number of aliphatic hydroxyl groups excluding tert-OH is 1. The van der Waals surface area contributed by atoms with E-state index in [0.29, 0.717) is 10.6 Å². The Morgan fingerprint density at radius 2 is 2.06 bits per heavy atom. The molecule has 0 aliphatic heterocycles. The highest BCUT2D eigenvalue weighted by molar-refractivity contribution is 6.31. The summed E-state index contributed by atoms with van der Waals surface area (Å²) in [6, 6.07) is 3.67. The van der Waals surface area contributed by atoms with E-state index in [1.54, 1.807) is 6.07 Å². The first-order chi connectivity index (χ1) is 6.88. The molecule has 92 valence electrons. The molecule has 0 radical (unpaired) electrons. The SMILES string of the molecule is CC(C)(CO)[C@H](N)c1ccc(F)cc1Cl.Cl. The zero-order valence-corrected chi connectivity index (χ0v) is 10.8. The van der Waals surface area contributed by atoms with Gasteiger partial charge in [0.05, 0.1) is 0 Å². The Hall–Kier alpha value is -0.350. The molecular formula is C11H16Cl2FNO. The van der Waals surface area contributed by atoms with Crippen molar-refractivity contribution >= 4 is 24.0 Å². The van der Waals surface area contributed by atoms with Crippen LogP contribution in [-0.4, -0.2) is 11.7 Å². The summed E-state index contributed by atoms with van der Waals surface area (Å²) in [5, 5.41) is 9.47. The Bertz CT molecular complexity index is 358. The standard InChI is InChI=1S/C11H15ClFNO.ClH/c1-11(2,6-15)10(14)8-4-3-7(13)5-9(8)12;/h3-5,10,15H,6,14H2,1-2H3;1H/t10-;/m1./s1. The minimum Gasteiger partial charge on any atom is -0.396 e. The van der Waals surface area contributed by atoms with Gasteiger partial charge in [-0.25, -0.2) is 4.39 Å². The van der Waals surface area contributed by atoms with E-state index in [9.17, 15) is 9.50 Å². The molecule has 0 aliphatic carbocycles. The van der Waals surface area contributed by atoms with Crippen molar-refractivity contribution in [2.75, 3.05) is 6.61 Å². The molecule has 0 saturated carbocycles. The maximum absolute atomic E-state index is 12.8. The normalized spacial score (nSPS) is 13.1. The number of hydrogen-bond acceptors (Lipinski definition) is 2. The van der Waals surface area contributed by atoms with Crippen LogP contribution < -0.4 is 5.73 Å². The van der Waals surface area contributed by atoms with Crippen molar-refractivity contribution in [3.8, 4) is 0 Å². The van der Waals surface area contributed by atoms with Crippen molar-refractivity contribution in [1.82, 2.24) is 0 Å². The maximum Gasteiger partial charge on any atom is 0.124 e. The van der Waals surface area contributed by atoms with Gasteiger partial charge < -0.3 is 10.8 Å². The summed E-state index contributed by atoms with van der Waals surface area (Å²) in [4.78, 5) is 0. The van der Waals surface area contributed by atoms with E-state index >= 15 is 0 Å². The maximum atomic E-state index is 12.8. The van der Waals surface area contributed by atoms with Gasteiger partial charge in [-0.15, -0.1) is 12.4 Å². The lowest BCUT2D eigenvalue weighted by atomic mass is 9.82. The van der Waals surface area contributed by atoms with Crippen molar-refractivity contribution in [3.05, 3.63) is 34.6 Å². The molecule has 0 amide bonds. The van der Waals surface area contributed by atoms with Gasteiger partial charge >= 0.3 is 0 Å². The van der Waals surface area contributed by atoms with Crippen LogP contribution in [-0.2, 0) is 0 Å². The van der Waals surface area contributed by atoms with Crippen molar-refractivity contribution in [1.29, 1.82) is 0 Å². The molecule has 5 heteroatoms. The molecule has 1 aromatic rings. The van der Waals surface area contributed by atoms with Crippen LogP contribution >= 0.6 is 24.0 Å². The lowest BCUT2D eigenvalue weighted by molar-refractivity contribution is 0.132. The fourth-order valence-corrected chi connectivity index (χ4v) is 1.56. The fraction of sp³-hybridized carbons (Fsp3) is 0.455. The molecular weight excluding hydrogens is 252 g/mol. The Morgan fingerprint density at radius 1 is 1.50 bits per heavy atom. The van der Waals surface area contributed by atoms with Gasteiger partial charge in [-0.3, -0.25) is 0 Å². The van der Waals surface area contributed by atoms with Gasteiger partial charge in [-0.05, 0) is 17.7 Å². The third-order valence-corrected chi connectivity index (χ3v) is 2.87. The Balaban J connectivity index is 0.00000225. The zero-order chi connectivity index (χ0) is 11.6. The molecule has 0 fully saturated rings. The molecule has 0 aliphatic rings. The lowest BCUT2D eigenvalue weighted by Crippen LogP contribution is -2.32. The van der Waals surface area contributed by atoms with Crippen LogP contribution in [0.1, 0.15) is 25.5 Å². The van der Waals surface area contributed by atoms with Crippen LogP contribution in [0.3, 0.4) is 0 Å². The molecule has 0 spiro atoms. The third-order valence-electron chi connectivity index (χ3n) is 2.55. The van der Waals surface area contributed by atoms with Gasteiger partial charge in [0.1, 0.15) is 5.82 Å². The second kappa shape index (κ2) is 5.82. The van der Waals surface area contributed by atoms with E-state index < -0.39 is 17.3 Å². The number of nitrogens with two attached hydrogens (primary N) is 1. The number of hydrogen-bond donors (Lipinski definition) is 2. The van der Waals surface area contributed by atoms with E-state index in [2.05, 4.69) is 0 Å². The number of rotatable bonds is 3. The molecule has 3 N–H and O–H groups in total. The molecule has 0 saturated heterocycles. The van der Waals surface area contributed by atoms with Crippen molar-refractivity contribution in [3.63, 3.8) is 0 Å². The Labute approximate surface area is 106 Å². The Morgan fingerprint density at radius 3 is 2.50 bits per heavy atom. The van der Waals surface area contributed by atoms with Gasteiger partial charge in [0.15, 0.2) is 0 Å². The van der Waals surface area contributed by atoms with Crippen LogP contribution in [0.4, 0.5) is 4.39 Å². The van der Waals surface area contributed by atoms with Crippen molar-refractivity contribution in [2.45, 2.75) is 19.9 Å². The number of benzene rings is 1. The number of aliphatic hydroxyl groups is 1. The minimum absolute atomic E-state index is 0. The third kappa shape index (κ3) is 3.32. The molecule has 1 rings (SSSR count). The van der Waals surface area contributed by atoms with Crippen LogP contribution in [0.15, 0.2) is 18.2 Å². The van der Waals surface area contributed by atoms with E-state index in [4.69, 9.17) is 17.3 Å². The zero-order valence-electron chi connectivity index (χ0n) is 9.21. The highest BCUT2D eigenvalue weighted by Gasteiger charge is 2.28. The van der Waals surface area contributed by atoms with Crippen LogP contribution in [0.2, 0.25) is 5.02 Å².